The number of allylic oxidation sites excluding steroid dienone is 4. The molecule has 0 saturated carbocycles. The summed E-state index contributed by atoms with van der Waals surface area (Å²) in [5.74, 6) is 0.479. The van der Waals surface area contributed by atoms with Gasteiger partial charge in [0.05, 0.1) is 0 Å². The third-order valence-electron chi connectivity index (χ3n) is 9.36. The largest absolute Gasteiger partial charge is 0.0619 e. The average molecular weight is 499 g/mol. The summed E-state index contributed by atoms with van der Waals surface area (Å²) in [6, 6.07) is 42.7. The first kappa shape index (κ1) is 22.6. The highest BCUT2D eigenvalue weighted by molar-refractivity contribution is 6.19. The van der Waals surface area contributed by atoms with Crippen LogP contribution in [0.25, 0.3) is 54.6 Å². The molecule has 0 radical (unpaired) electrons. The molecule has 0 N–H and O–H groups in total. The highest BCUT2D eigenvalue weighted by Crippen LogP contribution is 2.55. The molecule has 2 aliphatic rings. The summed E-state index contributed by atoms with van der Waals surface area (Å²) in [5, 5.41) is 7.90. The minimum Gasteiger partial charge on any atom is -0.0619 e. The van der Waals surface area contributed by atoms with Gasteiger partial charge in [-0.25, -0.2) is 0 Å². The molecule has 0 bridgehead atoms. The Bertz CT molecular complexity index is 1960. The van der Waals surface area contributed by atoms with Crippen LogP contribution in [0.1, 0.15) is 37.0 Å². The van der Waals surface area contributed by atoms with Crippen molar-refractivity contribution >= 4 is 43.5 Å². The first-order valence-corrected chi connectivity index (χ1v) is 14.0. The lowest BCUT2D eigenvalue weighted by Crippen LogP contribution is -2.24. The van der Waals surface area contributed by atoms with Gasteiger partial charge < -0.3 is 0 Å². The molecule has 2 aliphatic carbocycles. The Labute approximate surface area is 229 Å². The number of benzene rings is 6. The molecule has 0 nitrogen and oxygen atoms in total. The van der Waals surface area contributed by atoms with Gasteiger partial charge in [-0.2, -0.15) is 0 Å². The molecule has 1 atom stereocenters. The maximum atomic E-state index is 2.43. The highest BCUT2D eigenvalue weighted by atomic mass is 14.5. The van der Waals surface area contributed by atoms with Gasteiger partial charge in [0.2, 0.25) is 0 Å². The van der Waals surface area contributed by atoms with E-state index in [4.69, 9.17) is 0 Å². The predicted molar refractivity (Wildman–Crippen MR) is 168 cm³/mol. The summed E-state index contributed by atoms with van der Waals surface area (Å²) in [5.41, 5.74) is 9.98. The summed E-state index contributed by atoms with van der Waals surface area (Å²) in [6.45, 7) is 4.86. The zero-order valence-corrected chi connectivity index (χ0v) is 22.4. The van der Waals surface area contributed by atoms with E-state index < -0.39 is 0 Å². The molecule has 0 aromatic heterocycles. The average Bonchev–Trinajstić information content (AvgIpc) is 3.21. The van der Waals surface area contributed by atoms with Crippen molar-refractivity contribution in [2.75, 3.05) is 0 Å². The van der Waals surface area contributed by atoms with E-state index in [0.29, 0.717) is 5.92 Å². The zero-order chi connectivity index (χ0) is 26.1. The number of hydrogen-bond donors (Lipinski definition) is 0. The van der Waals surface area contributed by atoms with E-state index in [1.165, 1.54) is 71.3 Å². The second kappa shape index (κ2) is 8.29. The molecule has 39 heavy (non-hydrogen) atoms. The molecular weight excluding hydrogens is 468 g/mol. The summed E-state index contributed by atoms with van der Waals surface area (Å²) in [4.78, 5) is 0. The minimum atomic E-state index is 0.110. The second-order valence-electron chi connectivity index (χ2n) is 11.7. The van der Waals surface area contributed by atoms with Crippen molar-refractivity contribution in [3.05, 3.63) is 144 Å². The molecule has 0 fully saturated rings. The Balaban J connectivity index is 1.39. The molecule has 0 amide bonds. The van der Waals surface area contributed by atoms with Crippen LogP contribution in [0.4, 0.5) is 0 Å². The third-order valence-corrected chi connectivity index (χ3v) is 9.36. The SMILES string of the molecule is CC1(C)c2ccccc2C2=CC=C(c3c4ccccc4c(-c4ccc5ccccc5c4)c4ccccc34)CC21. The third kappa shape index (κ3) is 3.25. The van der Waals surface area contributed by atoms with E-state index in [1.807, 2.05) is 0 Å². The second-order valence-corrected chi connectivity index (χ2v) is 11.7. The normalized spacial score (nSPS) is 17.6. The van der Waals surface area contributed by atoms with Crippen molar-refractivity contribution in [1.29, 1.82) is 0 Å². The van der Waals surface area contributed by atoms with E-state index in [0.717, 1.165) is 6.42 Å². The van der Waals surface area contributed by atoms with Gasteiger partial charge in [0.25, 0.3) is 0 Å². The van der Waals surface area contributed by atoms with Crippen molar-refractivity contribution in [3.8, 4) is 11.1 Å². The molecular formula is C39H30. The molecule has 0 saturated heterocycles. The maximum Gasteiger partial charge on any atom is -0.00232 e. The summed E-state index contributed by atoms with van der Waals surface area (Å²) in [7, 11) is 0. The van der Waals surface area contributed by atoms with Crippen LogP contribution >= 0.6 is 0 Å². The smallest absolute Gasteiger partial charge is 0.00232 e. The van der Waals surface area contributed by atoms with Crippen LogP contribution in [0.2, 0.25) is 0 Å². The molecule has 0 heteroatoms. The van der Waals surface area contributed by atoms with Crippen LogP contribution in [-0.4, -0.2) is 0 Å². The van der Waals surface area contributed by atoms with E-state index in [1.54, 1.807) is 0 Å². The van der Waals surface area contributed by atoms with Crippen LogP contribution in [0, 0.1) is 5.92 Å². The molecule has 0 aliphatic heterocycles. The number of rotatable bonds is 2. The van der Waals surface area contributed by atoms with Crippen LogP contribution in [0.15, 0.2) is 127 Å². The lowest BCUT2D eigenvalue weighted by atomic mass is 9.71. The van der Waals surface area contributed by atoms with Gasteiger partial charge in [-0.05, 0) is 95.1 Å². The van der Waals surface area contributed by atoms with Crippen LogP contribution in [0.3, 0.4) is 0 Å². The zero-order valence-electron chi connectivity index (χ0n) is 22.4. The Morgan fingerprint density at radius 3 is 1.87 bits per heavy atom. The molecule has 1 unspecified atom stereocenters. The van der Waals surface area contributed by atoms with Crippen molar-refractivity contribution in [1.82, 2.24) is 0 Å². The fourth-order valence-corrected chi connectivity index (χ4v) is 7.43. The standard InChI is InChI=1S/C39H30/c1-39(2)35-18-10-9-13-29(35)30-22-21-28(24-36(30)39)38-33-16-7-5-14-31(33)37(32-15-6-8-17-34(32)38)27-20-19-25-11-3-4-12-26(25)23-27/h3-23,36H,24H2,1-2H3. The van der Waals surface area contributed by atoms with Gasteiger partial charge in [0.15, 0.2) is 0 Å². The van der Waals surface area contributed by atoms with E-state index in [2.05, 4.69) is 141 Å². The van der Waals surface area contributed by atoms with Crippen LogP contribution in [-0.2, 0) is 5.41 Å². The lowest BCUT2D eigenvalue weighted by molar-refractivity contribution is 0.418. The monoisotopic (exact) mass is 498 g/mol. The van der Waals surface area contributed by atoms with Gasteiger partial charge in [-0.3, -0.25) is 0 Å². The minimum absolute atomic E-state index is 0.110. The van der Waals surface area contributed by atoms with Gasteiger partial charge in [-0.1, -0.05) is 135 Å². The predicted octanol–water partition coefficient (Wildman–Crippen LogP) is 10.6. The van der Waals surface area contributed by atoms with Crippen molar-refractivity contribution in [2.24, 2.45) is 5.92 Å². The first-order chi connectivity index (χ1) is 19.1. The Morgan fingerprint density at radius 1 is 0.564 bits per heavy atom. The van der Waals surface area contributed by atoms with Gasteiger partial charge in [0.1, 0.15) is 0 Å². The molecule has 6 aromatic rings. The fraction of sp³-hybridized carbons (Fsp3) is 0.128. The molecule has 0 heterocycles. The fourth-order valence-electron chi connectivity index (χ4n) is 7.43. The molecule has 186 valence electrons. The summed E-state index contributed by atoms with van der Waals surface area (Å²) in [6.07, 6.45) is 5.88. The van der Waals surface area contributed by atoms with Crippen molar-refractivity contribution in [3.63, 3.8) is 0 Å². The molecule has 8 rings (SSSR count). The van der Waals surface area contributed by atoms with Crippen molar-refractivity contribution < 1.29 is 0 Å². The van der Waals surface area contributed by atoms with Gasteiger partial charge >= 0.3 is 0 Å². The summed E-state index contributed by atoms with van der Waals surface area (Å²) < 4.78 is 0. The molecule has 0 spiro atoms. The lowest BCUT2D eigenvalue weighted by Gasteiger charge is -2.32. The van der Waals surface area contributed by atoms with E-state index in [-0.39, 0.29) is 5.41 Å². The topological polar surface area (TPSA) is 0 Å². The Hall–Kier alpha value is -4.42. The van der Waals surface area contributed by atoms with Gasteiger partial charge in [0, 0.05) is 0 Å². The number of fused-ring (bicyclic) bond motifs is 6. The highest BCUT2D eigenvalue weighted by Gasteiger charge is 2.43. The van der Waals surface area contributed by atoms with Crippen LogP contribution in [0.5, 0.6) is 0 Å². The Morgan fingerprint density at radius 2 is 1.15 bits per heavy atom. The van der Waals surface area contributed by atoms with Gasteiger partial charge in [-0.15, -0.1) is 0 Å². The molecule has 6 aromatic carbocycles. The first-order valence-electron chi connectivity index (χ1n) is 14.0. The van der Waals surface area contributed by atoms with E-state index in [9.17, 15) is 0 Å². The Kier molecular flexibility index (Phi) is 4.79. The van der Waals surface area contributed by atoms with Crippen LogP contribution < -0.4 is 0 Å². The van der Waals surface area contributed by atoms with Crippen molar-refractivity contribution in [2.45, 2.75) is 25.7 Å². The number of hydrogen-bond acceptors (Lipinski definition) is 0. The summed E-state index contributed by atoms with van der Waals surface area (Å²) >= 11 is 0. The quantitative estimate of drug-likeness (QED) is 0.208. The maximum absolute atomic E-state index is 2.43. The van der Waals surface area contributed by atoms with E-state index >= 15 is 0 Å².